The Balaban J connectivity index is 1.12. The van der Waals surface area contributed by atoms with Gasteiger partial charge in [0.15, 0.2) is 0 Å². The summed E-state index contributed by atoms with van der Waals surface area (Å²) < 4.78 is 26.4. The normalized spacial score (nSPS) is 31.8. The molecule has 2 aliphatic carbocycles. The second-order valence-electron chi connectivity index (χ2n) is 10.5. The van der Waals surface area contributed by atoms with Gasteiger partial charge in [-0.25, -0.2) is 24.8 Å². The number of aromatic nitrogens is 3. The van der Waals surface area contributed by atoms with Crippen molar-refractivity contribution in [3.63, 3.8) is 0 Å². The first-order valence-corrected chi connectivity index (χ1v) is 12.7. The van der Waals surface area contributed by atoms with Gasteiger partial charge >= 0.3 is 0 Å². The molecule has 2 N–H and O–H groups in total. The van der Waals surface area contributed by atoms with Crippen molar-refractivity contribution in [2.45, 2.75) is 62.6 Å². The van der Waals surface area contributed by atoms with E-state index in [1.54, 1.807) is 19.6 Å². The van der Waals surface area contributed by atoms with E-state index in [4.69, 9.17) is 9.47 Å². The van der Waals surface area contributed by atoms with Crippen molar-refractivity contribution >= 4 is 11.6 Å². The number of ether oxygens (including phenoxy) is 2. The molecule has 0 amide bonds. The molecule has 2 aromatic rings. The largest absolute Gasteiger partial charge is 0.497 e. The van der Waals surface area contributed by atoms with Crippen molar-refractivity contribution in [1.29, 1.82) is 0 Å². The van der Waals surface area contributed by atoms with Crippen LogP contribution >= 0.6 is 0 Å². The summed E-state index contributed by atoms with van der Waals surface area (Å²) in [5.74, 6) is 2.90. The molecule has 4 fully saturated rings. The summed E-state index contributed by atoms with van der Waals surface area (Å²) in [7, 11) is 1.67. The van der Waals surface area contributed by atoms with E-state index >= 15 is 0 Å². The Morgan fingerprint density at radius 3 is 2.46 bits per heavy atom. The molecular weight excluding hydrogens is 449 g/mol. The second kappa shape index (κ2) is 9.15. The fraction of sp³-hybridized carbons (Fsp3) is 0.640. The second-order valence-corrected chi connectivity index (χ2v) is 10.5. The molecule has 2 saturated heterocycles. The first-order valence-electron chi connectivity index (χ1n) is 12.7. The van der Waals surface area contributed by atoms with Gasteiger partial charge in [0.2, 0.25) is 0 Å². The summed E-state index contributed by atoms with van der Waals surface area (Å²) in [6, 6.07) is 6.01. The SMILES string of the molecule is COc1ccnc(N2CCN(c3cc(C4NNC5CC(F)C(OC6(C)CC6)CC54)ncn3)CC2)c1. The van der Waals surface area contributed by atoms with Crippen molar-refractivity contribution in [3.8, 4) is 5.75 Å². The van der Waals surface area contributed by atoms with Crippen LogP contribution in [0.3, 0.4) is 0 Å². The van der Waals surface area contributed by atoms with E-state index in [-0.39, 0.29) is 29.7 Å². The number of fused-ring (bicyclic) bond motifs is 1. The molecule has 5 atom stereocenters. The molecule has 6 rings (SSSR count). The van der Waals surface area contributed by atoms with Crippen molar-refractivity contribution in [2.75, 3.05) is 43.1 Å². The van der Waals surface area contributed by atoms with Gasteiger partial charge in [-0.3, -0.25) is 5.43 Å². The predicted octanol–water partition coefficient (Wildman–Crippen LogP) is 2.41. The van der Waals surface area contributed by atoms with Crippen LogP contribution in [0.5, 0.6) is 5.75 Å². The number of pyridine rings is 1. The van der Waals surface area contributed by atoms with Crippen LogP contribution in [-0.2, 0) is 4.74 Å². The van der Waals surface area contributed by atoms with E-state index in [9.17, 15) is 4.39 Å². The molecule has 4 heterocycles. The molecule has 9 nitrogen and oxygen atoms in total. The third-order valence-corrected chi connectivity index (χ3v) is 8.02. The highest BCUT2D eigenvalue weighted by Crippen LogP contribution is 2.45. The van der Waals surface area contributed by atoms with Gasteiger partial charge in [-0.1, -0.05) is 0 Å². The minimum atomic E-state index is -0.932. The van der Waals surface area contributed by atoms with E-state index in [2.05, 4.69) is 48.6 Å². The number of anilines is 2. The highest BCUT2D eigenvalue weighted by Gasteiger charge is 2.50. The highest BCUT2D eigenvalue weighted by molar-refractivity contribution is 5.47. The first-order chi connectivity index (χ1) is 17.0. The maximum absolute atomic E-state index is 14.8. The van der Waals surface area contributed by atoms with Gasteiger partial charge in [-0.15, -0.1) is 0 Å². The number of rotatable bonds is 6. The quantitative estimate of drug-likeness (QED) is 0.643. The molecule has 10 heteroatoms. The van der Waals surface area contributed by atoms with Crippen LogP contribution in [0.4, 0.5) is 16.0 Å². The lowest BCUT2D eigenvalue weighted by molar-refractivity contribution is -0.0886. The number of hydrogen-bond acceptors (Lipinski definition) is 9. The average Bonchev–Trinajstić information content (AvgIpc) is 3.48. The lowest BCUT2D eigenvalue weighted by atomic mass is 9.78. The predicted molar refractivity (Wildman–Crippen MR) is 130 cm³/mol. The molecular formula is C25H34FN7O2. The van der Waals surface area contributed by atoms with Gasteiger partial charge in [0.25, 0.3) is 0 Å². The zero-order valence-electron chi connectivity index (χ0n) is 20.4. The van der Waals surface area contributed by atoms with Crippen LogP contribution in [0.25, 0.3) is 0 Å². The van der Waals surface area contributed by atoms with Gasteiger partial charge < -0.3 is 19.3 Å². The van der Waals surface area contributed by atoms with Crippen molar-refractivity contribution < 1.29 is 13.9 Å². The molecule has 0 spiro atoms. The summed E-state index contributed by atoms with van der Waals surface area (Å²) >= 11 is 0. The minimum Gasteiger partial charge on any atom is -0.497 e. The standard InChI is InChI=1S/C25H34FN7O2/c1-25(4-5-25)35-21-12-17-19(13-18(21)26)30-31-24(17)20-14-23(29-15-28-20)33-9-7-32(8-10-33)22-11-16(34-2)3-6-27-22/h3,6,11,14-15,17-19,21,24,30-31H,4-5,7-10,12-13H2,1-2H3. The van der Waals surface area contributed by atoms with Crippen LogP contribution in [-0.4, -0.2) is 72.2 Å². The van der Waals surface area contributed by atoms with E-state index < -0.39 is 6.17 Å². The first kappa shape index (κ1) is 22.9. The lowest BCUT2D eigenvalue weighted by Gasteiger charge is -2.37. The number of hydrogen-bond donors (Lipinski definition) is 2. The number of alkyl halides is 1. The summed E-state index contributed by atoms with van der Waals surface area (Å²) in [6.45, 7) is 5.48. The molecule has 188 valence electrons. The maximum Gasteiger partial charge on any atom is 0.132 e. The van der Waals surface area contributed by atoms with Crippen LogP contribution in [0.1, 0.15) is 44.3 Å². The van der Waals surface area contributed by atoms with E-state index in [0.717, 1.165) is 62.1 Å². The Hall–Kier alpha value is -2.56. The monoisotopic (exact) mass is 483 g/mol. The number of piperazine rings is 1. The fourth-order valence-electron chi connectivity index (χ4n) is 5.63. The zero-order chi connectivity index (χ0) is 24.0. The Bertz CT molecular complexity index is 1050. The van der Waals surface area contributed by atoms with E-state index in [0.29, 0.717) is 12.8 Å². The fourth-order valence-corrected chi connectivity index (χ4v) is 5.63. The van der Waals surface area contributed by atoms with E-state index in [1.165, 1.54) is 0 Å². The minimum absolute atomic E-state index is 0.00892. The van der Waals surface area contributed by atoms with E-state index in [1.807, 2.05) is 12.1 Å². The Morgan fingerprint density at radius 1 is 1.00 bits per heavy atom. The summed E-state index contributed by atoms with van der Waals surface area (Å²) in [5.41, 5.74) is 7.54. The third kappa shape index (κ3) is 4.66. The van der Waals surface area contributed by atoms with Crippen molar-refractivity contribution in [3.05, 3.63) is 36.4 Å². The number of hydrazine groups is 1. The van der Waals surface area contributed by atoms with Gasteiger partial charge in [0, 0.05) is 56.5 Å². The summed E-state index contributed by atoms with van der Waals surface area (Å²) in [6.07, 6.45) is 5.37. The third-order valence-electron chi connectivity index (χ3n) is 8.02. The zero-order valence-corrected chi connectivity index (χ0v) is 20.4. The maximum atomic E-state index is 14.8. The molecule has 35 heavy (non-hydrogen) atoms. The molecule has 2 aliphatic heterocycles. The number of nitrogens with zero attached hydrogens (tertiary/aromatic N) is 5. The molecule has 4 aliphatic rings. The summed E-state index contributed by atoms with van der Waals surface area (Å²) in [4.78, 5) is 18.2. The van der Waals surface area contributed by atoms with Crippen LogP contribution < -0.4 is 25.4 Å². The molecule has 5 unspecified atom stereocenters. The molecule has 2 saturated carbocycles. The van der Waals surface area contributed by atoms with Crippen molar-refractivity contribution in [1.82, 2.24) is 25.8 Å². The highest BCUT2D eigenvalue weighted by atomic mass is 19.1. The topological polar surface area (TPSA) is 87.7 Å². The Kier molecular flexibility index (Phi) is 5.98. The Morgan fingerprint density at radius 2 is 1.74 bits per heavy atom. The molecule has 0 radical (unpaired) electrons. The van der Waals surface area contributed by atoms with Gasteiger partial charge in [-0.2, -0.15) is 0 Å². The van der Waals surface area contributed by atoms with Crippen LogP contribution in [0.15, 0.2) is 30.7 Å². The molecule has 0 aromatic carbocycles. The number of halogens is 1. The summed E-state index contributed by atoms with van der Waals surface area (Å²) in [5, 5.41) is 0. The van der Waals surface area contributed by atoms with Gasteiger partial charge in [0.1, 0.15) is 29.9 Å². The molecule has 2 aromatic heterocycles. The van der Waals surface area contributed by atoms with Crippen molar-refractivity contribution in [2.24, 2.45) is 5.92 Å². The molecule has 0 bridgehead atoms. The van der Waals surface area contributed by atoms with Crippen LogP contribution in [0.2, 0.25) is 0 Å². The van der Waals surface area contributed by atoms with Gasteiger partial charge in [-0.05, 0) is 38.7 Å². The average molecular weight is 484 g/mol. The van der Waals surface area contributed by atoms with Gasteiger partial charge in [0.05, 0.1) is 30.6 Å². The number of methoxy groups -OCH3 is 1. The van der Waals surface area contributed by atoms with Crippen LogP contribution in [0, 0.1) is 5.92 Å². The smallest absolute Gasteiger partial charge is 0.132 e. The lowest BCUT2D eigenvalue weighted by Crippen LogP contribution is -2.47. The number of nitrogens with one attached hydrogen (secondary N) is 2. The Labute approximate surface area is 205 Å².